The Kier molecular flexibility index (Phi) is 0.784. The van der Waals surface area contributed by atoms with Crippen molar-refractivity contribution in [3.63, 3.8) is 0 Å². The first-order valence-corrected chi connectivity index (χ1v) is 3.43. The van der Waals surface area contributed by atoms with Crippen molar-refractivity contribution in [2.24, 2.45) is 0 Å². The lowest BCUT2D eigenvalue weighted by Gasteiger charge is -2.12. The molecule has 2 rings (SSSR count). The average molecular weight is 126 g/mol. The largest absolute Gasteiger partial charge is 0.361 e. The molecule has 0 aliphatic carbocycles. The Labute approximate surface area is 52.2 Å². The van der Waals surface area contributed by atoms with Crippen molar-refractivity contribution in [2.45, 2.75) is 5.50 Å². The fourth-order valence-corrected chi connectivity index (χ4v) is 1.59. The maximum atomic E-state index is 3.16. The van der Waals surface area contributed by atoms with E-state index in [9.17, 15) is 0 Å². The van der Waals surface area contributed by atoms with E-state index in [4.69, 9.17) is 0 Å². The average Bonchev–Trinajstić information content (AvgIpc) is 2.15. The summed E-state index contributed by atoms with van der Waals surface area (Å²) in [5.74, 6) is 0. The lowest BCUT2D eigenvalue weighted by atomic mass is 10.8. The molecule has 1 unspecified atom stereocenters. The van der Waals surface area contributed by atoms with Crippen LogP contribution in [0.3, 0.4) is 0 Å². The summed E-state index contributed by atoms with van der Waals surface area (Å²) in [4.78, 5) is 2.13. The summed E-state index contributed by atoms with van der Waals surface area (Å²) in [7, 11) is 0. The normalized spacial score (nSPS) is 31.0. The third-order valence-electron chi connectivity index (χ3n) is 1.20. The Balaban J connectivity index is 2.22. The van der Waals surface area contributed by atoms with Gasteiger partial charge in [0.2, 0.25) is 0 Å². The zero-order valence-electron chi connectivity index (χ0n) is 4.24. The van der Waals surface area contributed by atoms with E-state index in [1.54, 1.807) is 11.8 Å². The van der Waals surface area contributed by atoms with Gasteiger partial charge in [-0.3, -0.25) is 0 Å². The van der Waals surface area contributed by atoms with E-state index in [1.165, 1.54) is 0 Å². The van der Waals surface area contributed by atoms with E-state index < -0.39 is 0 Å². The van der Waals surface area contributed by atoms with Crippen molar-refractivity contribution < 1.29 is 0 Å². The van der Waals surface area contributed by atoms with Crippen molar-refractivity contribution in [2.75, 3.05) is 0 Å². The van der Waals surface area contributed by atoms with Crippen LogP contribution in [0.2, 0.25) is 0 Å². The second-order valence-electron chi connectivity index (χ2n) is 1.70. The minimum absolute atomic E-state index is 0.454. The highest BCUT2D eigenvalue weighted by Gasteiger charge is 2.19. The highest BCUT2D eigenvalue weighted by molar-refractivity contribution is 8.02. The predicted octanol–water partition coefficient (Wildman–Crippen LogP) is 0.864. The molecule has 0 radical (unpaired) electrons. The van der Waals surface area contributed by atoms with Gasteiger partial charge >= 0.3 is 0 Å². The Morgan fingerprint density at radius 1 is 1.50 bits per heavy atom. The van der Waals surface area contributed by atoms with Gasteiger partial charge in [-0.1, -0.05) is 11.8 Å². The maximum absolute atomic E-state index is 3.16. The molecule has 0 saturated carbocycles. The molecule has 0 bridgehead atoms. The first-order chi connectivity index (χ1) is 3.97. The van der Waals surface area contributed by atoms with Crippen LogP contribution in [0.25, 0.3) is 0 Å². The maximum Gasteiger partial charge on any atom is 0.155 e. The molecule has 2 heterocycles. The first-order valence-electron chi connectivity index (χ1n) is 2.49. The van der Waals surface area contributed by atoms with Crippen molar-refractivity contribution in [1.29, 1.82) is 0 Å². The Morgan fingerprint density at radius 3 is 3.38 bits per heavy atom. The molecule has 0 saturated heterocycles. The number of hydrogen-bond acceptors (Lipinski definition) is 3. The van der Waals surface area contributed by atoms with Crippen LogP contribution in [0.5, 0.6) is 0 Å². The number of hydrogen-bond donors (Lipinski definition) is 1. The Hall–Kier alpha value is -0.570. The standard InChI is InChI=1S/C5H6N2S/c1-2-7-3-4-8-5(7)6-1/h1-6H. The van der Waals surface area contributed by atoms with Gasteiger partial charge in [0, 0.05) is 18.6 Å². The molecule has 0 aromatic heterocycles. The zero-order valence-corrected chi connectivity index (χ0v) is 5.06. The van der Waals surface area contributed by atoms with Crippen molar-refractivity contribution in [1.82, 2.24) is 10.2 Å². The SMILES string of the molecule is C1=CN2C=CSC2N1. The van der Waals surface area contributed by atoms with E-state index >= 15 is 0 Å². The van der Waals surface area contributed by atoms with E-state index in [0.29, 0.717) is 5.50 Å². The van der Waals surface area contributed by atoms with Crippen LogP contribution in [0.15, 0.2) is 24.0 Å². The highest BCUT2D eigenvalue weighted by atomic mass is 32.2. The number of thioether (sulfide) groups is 1. The summed E-state index contributed by atoms with van der Waals surface area (Å²) in [5.41, 5.74) is 0.454. The molecule has 0 aromatic carbocycles. The number of nitrogens with one attached hydrogen (secondary N) is 1. The molecule has 2 nitrogen and oxygen atoms in total. The van der Waals surface area contributed by atoms with Gasteiger partial charge in [0.15, 0.2) is 5.50 Å². The third kappa shape index (κ3) is 0.448. The summed E-state index contributed by atoms with van der Waals surface area (Å²) < 4.78 is 0. The monoisotopic (exact) mass is 126 g/mol. The second-order valence-corrected chi connectivity index (χ2v) is 2.69. The van der Waals surface area contributed by atoms with Gasteiger partial charge in [0.1, 0.15) is 0 Å². The van der Waals surface area contributed by atoms with Gasteiger partial charge in [-0.15, -0.1) is 0 Å². The number of rotatable bonds is 0. The van der Waals surface area contributed by atoms with Gasteiger partial charge in [0.05, 0.1) is 0 Å². The van der Waals surface area contributed by atoms with Crippen LogP contribution in [0, 0.1) is 0 Å². The summed E-state index contributed by atoms with van der Waals surface area (Å²) >= 11 is 1.78. The third-order valence-corrected chi connectivity index (χ3v) is 2.11. The molecule has 2 aliphatic rings. The van der Waals surface area contributed by atoms with E-state index in [1.807, 2.05) is 12.4 Å². The number of nitrogens with zero attached hydrogens (tertiary/aromatic N) is 1. The lowest BCUT2D eigenvalue weighted by molar-refractivity contribution is 0.493. The summed E-state index contributed by atoms with van der Waals surface area (Å²) in [6.45, 7) is 0. The quantitative estimate of drug-likeness (QED) is 0.518. The van der Waals surface area contributed by atoms with Gasteiger partial charge in [0.25, 0.3) is 0 Å². The van der Waals surface area contributed by atoms with Crippen LogP contribution in [-0.2, 0) is 0 Å². The van der Waals surface area contributed by atoms with E-state index in [-0.39, 0.29) is 0 Å². The molecule has 0 amide bonds. The minimum atomic E-state index is 0.454. The van der Waals surface area contributed by atoms with E-state index in [0.717, 1.165) is 0 Å². The van der Waals surface area contributed by atoms with Crippen molar-refractivity contribution >= 4 is 11.8 Å². The minimum Gasteiger partial charge on any atom is -0.361 e. The molecular weight excluding hydrogens is 120 g/mol. The highest BCUT2D eigenvalue weighted by Crippen LogP contribution is 2.25. The van der Waals surface area contributed by atoms with Gasteiger partial charge in [-0.25, -0.2) is 0 Å². The number of fused-ring (bicyclic) bond motifs is 1. The second kappa shape index (κ2) is 1.45. The lowest BCUT2D eigenvalue weighted by Crippen LogP contribution is -2.24. The van der Waals surface area contributed by atoms with Crippen LogP contribution in [-0.4, -0.2) is 10.4 Å². The fourth-order valence-electron chi connectivity index (χ4n) is 0.793. The van der Waals surface area contributed by atoms with Gasteiger partial charge in [-0.2, -0.15) is 0 Å². The topological polar surface area (TPSA) is 15.3 Å². The van der Waals surface area contributed by atoms with Crippen LogP contribution in [0.4, 0.5) is 0 Å². The summed E-state index contributed by atoms with van der Waals surface area (Å²) in [6.07, 6.45) is 6.05. The van der Waals surface area contributed by atoms with Gasteiger partial charge < -0.3 is 10.2 Å². The predicted molar refractivity (Wildman–Crippen MR) is 34.6 cm³/mol. The van der Waals surface area contributed by atoms with Gasteiger partial charge in [-0.05, 0) is 5.41 Å². The molecule has 42 valence electrons. The molecule has 3 heteroatoms. The summed E-state index contributed by atoms with van der Waals surface area (Å²) in [5, 5.41) is 5.25. The fraction of sp³-hybridized carbons (Fsp3) is 0.200. The van der Waals surface area contributed by atoms with Crippen LogP contribution < -0.4 is 5.32 Å². The molecule has 0 aromatic rings. The van der Waals surface area contributed by atoms with Crippen molar-refractivity contribution in [3.05, 3.63) is 24.0 Å². The first kappa shape index (κ1) is 4.32. The molecule has 1 atom stereocenters. The molecule has 2 aliphatic heterocycles. The van der Waals surface area contributed by atoms with Crippen molar-refractivity contribution in [3.8, 4) is 0 Å². The van der Waals surface area contributed by atoms with E-state index in [2.05, 4.69) is 21.8 Å². The molecular formula is C5H6N2S. The molecule has 8 heavy (non-hydrogen) atoms. The molecule has 0 fully saturated rings. The van der Waals surface area contributed by atoms with Crippen LogP contribution in [0.1, 0.15) is 0 Å². The van der Waals surface area contributed by atoms with Crippen LogP contribution >= 0.6 is 11.8 Å². The summed E-state index contributed by atoms with van der Waals surface area (Å²) in [6, 6.07) is 0. The Morgan fingerprint density at radius 2 is 2.50 bits per heavy atom. The Bertz CT molecular complexity index is 137. The molecule has 0 spiro atoms. The smallest absolute Gasteiger partial charge is 0.155 e. The molecule has 1 N–H and O–H groups in total. The zero-order chi connectivity index (χ0) is 5.40.